The molecular weight excluding hydrogens is 328 g/mol. The van der Waals surface area contributed by atoms with Crippen LogP contribution >= 0.6 is 0 Å². The van der Waals surface area contributed by atoms with Crippen LogP contribution in [0.5, 0.6) is 0 Å². The molecule has 26 heavy (non-hydrogen) atoms. The predicted octanol–water partition coefficient (Wildman–Crippen LogP) is 2.36. The molecule has 1 amide bonds. The minimum absolute atomic E-state index is 0.0605. The van der Waals surface area contributed by atoms with E-state index in [-0.39, 0.29) is 11.9 Å². The summed E-state index contributed by atoms with van der Waals surface area (Å²) < 4.78 is 1.69. The van der Waals surface area contributed by atoms with E-state index in [1.54, 1.807) is 11.0 Å². The molecular formula is C19H22N6O. The SMILES string of the molecule is Cc1cc(N)nc(C)c1-c1ccc(C(=O)NC(C)Cn2cncn2)cc1. The summed E-state index contributed by atoms with van der Waals surface area (Å²) >= 11 is 0. The first-order valence-electron chi connectivity index (χ1n) is 8.41. The number of nitrogens with two attached hydrogens (primary N) is 1. The first kappa shape index (κ1) is 17.6. The highest BCUT2D eigenvalue weighted by molar-refractivity contribution is 5.95. The summed E-state index contributed by atoms with van der Waals surface area (Å²) in [7, 11) is 0. The van der Waals surface area contributed by atoms with Crippen molar-refractivity contribution in [1.82, 2.24) is 25.1 Å². The van der Waals surface area contributed by atoms with Gasteiger partial charge in [0, 0.05) is 22.9 Å². The molecule has 0 spiro atoms. The van der Waals surface area contributed by atoms with Gasteiger partial charge in [-0.1, -0.05) is 12.1 Å². The number of nitrogen functional groups attached to an aromatic ring is 1. The third-order valence-electron chi connectivity index (χ3n) is 4.16. The number of anilines is 1. The fourth-order valence-corrected chi connectivity index (χ4v) is 3.05. The Labute approximate surface area is 152 Å². The Bertz CT molecular complexity index is 879. The lowest BCUT2D eigenvalue weighted by Gasteiger charge is -2.14. The van der Waals surface area contributed by atoms with E-state index in [9.17, 15) is 4.79 Å². The zero-order valence-electron chi connectivity index (χ0n) is 15.1. The monoisotopic (exact) mass is 350 g/mol. The van der Waals surface area contributed by atoms with E-state index in [0.29, 0.717) is 17.9 Å². The Morgan fingerprint density at radius 2 is 2.00 bits per heavy atom. The fraction of sp³-hybridized carbons (Fsp3) is 0.263. The molecule has 3 N–H and O–H groups in total. The van der Waals surface area contributed by atoms with Crippen molar-refractivity contribution in [1.29, 1.82) is 0 Å². The van der Waals surface area contributed by atoms with E-state index in [2.05, 4.69) is 20.4 Å². The number of hydrogen-bond donors (Lipinski definition) is 2. The second-order valence-corrected chi connectivity index (χ2v) is 6.39. The highest BCUT2D eigenvalue weighted by Crippen LogP contribution is 2.27. The Morgan fingerprint density at radius 1 is 1.27 bits per heavy atom. The van der Waals surface area contributed by atoms with Crippen LogP contribution in [0.3, 0.4) is 0 Å². The van der Waals surface area contributed by atoms with E-state index in [0.717, 1.165) is 22.4 Å². The molecule has 1 aromatic carbocycles. The van der Waals surface area contributed by atoms with Crippen molar-refractivity contribution in [3.63, 3.8) is 0 Å². The van der Waals surface area contributed by atoms with E-state index >= 15 is 0 Å². The molecule has 0 saturated carbocycles. The van der Waals surface area contributed by atoms with Crippen LogP contribution in [0.15, 0.2) is 43.0 Å². The predicted molar refractivity (Wildman–Crippen MR) is 101 cm³/mol. The number of pyridine rings is 1. The first-order valence-corrected chi connectivity index (χ1v) is 8.41. The van der Waals surface area contributed by atoms with Crippen molar-refractivity contribution >= 4 is 11.7 Å². The number of aryl methyl sites for hydroxylation is 2. The summed E-state index contributed by atoms with van der Waals surface area (Å²) in [4.78, 5) is 20.6. The normalized spacial score (nSPS) is 12.0. The molecule has 0 radical (unpaired) electrons. The minimum Gasteiger partial charge on any atom is -0.384 e. The summed E-state index contributed by atoms with van der Waals surface area (Å²) in [6, 6.07) is 9.31. The van der Waals surface area contributed by atoms with Crippen LogP contribution in [0.4, 0.5) is 5.82 Å². The molecule has 0 saturated heterocycles. The number of nitrogens with one attached hydrogen (secondary N) is 1. The van der Waals surface area contributed by atoms with Crippen molar-refractivity contribution in [3.8, 4) is 11.1 Å². The lowest BCUT2D eigenvalue weighted by Crippen LogP contribution is -2.35. The van der Waals surface area contributed by atoms with E-state index in [1.165, 1.54) is 6.33 Å². The van der Waals surface area contributed by atoms with Crippen LogP contribution in [0, 0.1) is 13.8 Å². The number of benzene rings is 1. The number of rotatable bonds is 5. The maximum Gasteiger partial charge on any atom is 0.251 e. The lowest BCUT2D eigenvalue weighted by atomic mass is 9.98. The van der Waals surface area contributed by atoms with Gasteiger partial charge in [0.2, 0.25) is 0 Å². The second-order valence-electron chi connectivity index (χ2n) is 6.39. The number of nitrogens with zero attached hydrogens (tertiary/aromatic N) is 4. The summed E-state index contributed by atoms with van der Waals surface area (Å²) in [5.74, 6) is 0.397. The standard InChI is InChI=1S/C19H22N6O/c1-12-8-17(20)24-14(3)18(12)15-4-6-16(7-5-15)19(26)23-13(2)9-25-11-21-10-22-25/h4-8,10-11,13H,9H2,1-3H3,(H2,20,24)(H,23,26). The lowest BCUT2D eigenvalue weighted by molar-refractivity contribution is 0.0936. The summed E-state index contributed by atoms with van der Waals surface area (Å²) in [6.07, 6.45) is 3.10. The molecule has 7 heteroatoms. The highest BCUT2D eigenvalue weighted by Gasteiger charge is 2.12. The van der Waals surface area contributed by atoms with Crippen molar-refractivity contribution in [2.75, 3.05) is 5.73 Å². The van der Waals surface area contributed by atoms with Gasteiger partial charge < -0.3 is 11.1 Å². The Kier molecular flexibility index (Phi) is 4.97. The average molecular weight is 350 g/mol. The van der Waals surface area contributed by atoms with Gasteiger partial charge in [-0.05, 0) is 50.1 Å². The smallest absolute Gasteiger partial charge is 0.251 e. The van der Waals surface area contributed by atoms with Crippen molar-refractivity contribution in [3.05, 3.63) is 59.8 Å². The van der Waals surface area contributed by atoms with Crippen LogP contribution in [-0.4, -0.2) is 31.7 Å². The molecule has 0 bridgehead atoms. The summed E-state index contributed by atoms with van der Waals surface area (Å²) in [5, 5.41) is 7.01. The maximum absolute atomic E-state index is 12.4. The molecule has 2 heterocycles. The van der Waals surface area contributed by atoms with Crippen molar-refractivity contribution in [2.24, 2.45) is 0 Å². The average Bonchev–Trinajstić information content (AvgIpc) is 3.07. The minimum atomic E-state index is -0.118. The molecule has 134 valence electrons. The summed E-state index contributed by atoms with van der Waals surface area (Å²) in [5.41, 5.74) is 10.4. The summed E-state index contributed by atoms with van der Waals surface area (Å²) in [6.45, 7) is 6.44. The van der Waals surface area contributed by atoms with E-state index < -0.39 is 0 Å². The molecule has 0 aliphatic rings. The van der Waals surface area contributed by atoms with Crippen molar-refractivity contribution < 1.29 is 4.79 Å². The van der Waals surface area contributed by atoms with Gasteiger partial charge in [0.1, 0.15) is 18.5 Å². The number of aromatic nitrogens is 4. The third kappa shape index (κ3) is 3.88. The van der Waals surface area contributed by atoms with Crippen LogP contribution in [0.2, 0.25) is 0 Å². The van der Waals surface area contributed by atoms with Gasteiger partial charge in [-0.3, -0.25) is 9.48 Å². The van der Waals surface area contributed by atoms with Gasteiger partial charge in [-0.15, -0.1) is 0 Å². The van der Waals surface area contributed by atoms with Gasteiger partial charge >= 0.3 is 0 Å². The van der Waals surface area contributed by atoms with Crippen LogP contribution in [0.1, 0.15) is 28.5 Å². The number of hydrogen-bond acceptors (Lipinski definition) is 5. The van der Waals surface area contributed by atoms with E-state index in [4.69, 9.17) is 5.73 Å². The molecule has 1 unspecified atom stereocenters. The topological polar surface area (TPSA) is 98.7 Å². The van der Waals surface area contributed by atoms with Gasteiger partial charge in [-0.2, -0.15) is 5.10 Å². The maximum atomic E-state index is 12.4. The number of amides is 1. The Morgan fingerprint density at radius 3 is 2.62 bits per heavy atom. The molecule has 0 aliphatic heterocycles. The fourth-order valence-electron chi connectivity index (χ4n) is 3.05. The third-order valence-corrected chi connectivity index (χ3v) is 4.16. The van der Waals surface area contributed by atoms with Gasteiger partial charge in [-0.25, -0.2) is 9.97 Å². The Hall–Kier alpha value is -3.22. The molecule has 2 aromatic heterocycles. The zero-order valence-corrected chi connectivity index (χ0v) is 15.1. The van der Waals surface area contributed by atoms with Gasteiger partial charge in [0.15, 0.2) is 0 Å². The molecule has 3 rings (SSSR count). The van der Waals surface area contributed by atoms with E-state index in [1.807, 2.05) is 51.1 Å². The number of carbonyl (C=O) groups excluding carboxylic acids is 1. The molecule has 0 fully saturated rings. The second kappa shape index (κ2) is 7.35. The van der Waals surface area contributed by atoms with Gasteiger partial charge in [0.25, 0.3) is 5.91 Å². The van der Waals surface area contributed by atoms with Crippen LogP contribution in [-0.2, 0) is 6.54 Å². The highest BCUT2D eigenvalue weighted by atomic mass is 16.1. The van der Waals surface area contributed by atoms with Gasteiger partial charge in [0.05, 0.1) is 6.54 Å². The molecule has 1 atom stereocenters. The molecule has 3 aromatic rings. The first-order chi connectivity index (χ1) is 12.4. The number of carbonyl (C=O) groups is 1. The largest absolute Gasteiger partial charge is 0.384 e. The molecule has 7 nitrogen and oxygen atoms in total. The van der Waals surface area contributed by atoms with Crippen LogP contribution in [0.25, 0.3) is 11.1 Å². The molecule has 0 aliphatic carbocycles. The van der Waals surface area contributed by atoms with Crippen LogP contribution < -0.4 is 11.1 Å². The Balaban J connectivity index is 1.72. The zero-order chi connectivity index (χ0) is 18.7. The quantitative estimate of drug-likeness (QED) is 0.736. The van der Waals surface area contributed by atoms with Crippen molar-refractivity contribution in [2.45, 2.75) is 33.4 Å².